The molecule has 8 nitrogen and oxygen atoms in total. The van der Waals surface area contributed by atoms with E-state index in [1.807, 2.05) is 0 Å². The number of hydrogen-bond acceptors (Lipinski definition) is 6. The summed E-state index contributed by atoms with van der Waals surface area (Å²) in [4.78, 5) is -0.554. The van der Waals surface area contributed by atoms with Crippen LogP contribution in [-0.4, -0.2) is 25.9 Å². The number of nitrogens with two attached hydrogens (primary N) is 2. The Morgan fingerprint density at radius 3 is 1.78 bits per heavy atom. The quantitative estimate of drug-likeness (QED) is 0.452. The predicted molar refractivity (Wildman–Crippen MR) is 86.3 cm³/mol. The molecule has 2 aromatic rings. The van der Waals surface area contributed by atoms with Crippen LogP contribution in [0.3, 0.4) is 0 Å². The van der Waals surface area contributed by atoms with Crippen molar-refractivity contribution in [2.75, 3.05) is 11.5 Å². The van der Waals surface area contributed by atoms with Crippen molar-refractivity contribution in [2.24, 2.45) is 0 Å². The third-order valence-electron chi connectivity index (χ3n) is 2.39. The maximum absolute atomic E-state index is 10.6. The van der Waals surface area contributed by atoms with Gasteiger partial charge in [0.2, 0.25) is 0 Å². The first-order chi connectivity index (χ1) is 10.4. The second-order valence-electron chi connectivity index (χ2n) is 4.21. The van der Waals surface area contributed by atoms with Gasteiger partial charge >= 0.3 is 0 Å². The molecule has 0 aliphatic heterocycles. The van der Waals surface area contributed by atoms with E-state index in [0.29, 0.717) is 5.69 Å². The van der Waals surface area contributed by atoms with E-state index < -0.39 is 20.2 Å². The van der Waals surface area contributed by atoms with Crippen molar-refractivity contribution in [1.29, 1.82) is 0 Å². The maximum Gasteiger partial charge on any atom is 0.296 e. The summed E-state index contributed by atoms with van der Waals surface area (Å²) in [7, 11) is -8.37. The lowest BCUT2D eigenvalue weighted by molar-refractivity contribution is 0.481. The van der Waals surface area contributed by atoms with Crippen LogP contribution in [-0.2, 0) is 20.2 Å². The predicted octanol–water partition coefficient (Wildman–Crippen LogP) is 1.68. The Labute approximate surface area is 138 Å². The van der Waals surface area contributed by atoms with Gasteiger partial charge in [0.05, 0.1) is 9.92 Å². The van der Waals surface area contributed by atoms with Crippen LogP contribution in [0.1, 0.15) is 0 Å². The summed E-state index contributed by atoms with van der Waals surface area (Å²) in [6.07, 6.45) is 0. The van der Waals surface area contributed by atoms with Gasteiger partial charge in [-0.1, -0.05) is 17.7 Å². The van der Waals surface area contributed by atoms with Gasteiger partial charge in [-0.3, -0.25) is 9.11 Å². The van der Waals surface area contributed by atoms with Crippen molar-refractivity contribution in [3.05, 3.63) is 47.5 Å². The fourth-order valence-electron chi connectivity index (χ4n) is 1.39. The summed E-state index contributed by atoms with van der Waals surface area (Å²) in [6.45, 7) is 0. The fraction of sp³-hybridized carbons (Fsp3) is 0. The van der Waals surface area contributed by atoms with Crippen molar-refractivity contribution < 1.29 is 25.9 Å². The van der Waals surface area contributed by atoms with Crippen LogP contribution in [0, 0.1) is 0 Å². The van der Waals surface area contributed by atoms with Gasteiger partial charge in [-0.25, -0.2) is 0 Å². The Bertz CT molecular complexity index is 913. The van der Waals surface area contributed by atoms with Gasteiger partial charge in [-0.15, -0.1) is 0 Å². The van der Waals surface area contributed by atoms with E-state index in [1.54, 1.807) is 0 Å². The van der Waals surface area contributed by atoms with E-state index in [4.69, 9.17) is 32.2 Å². The standard InChI is InChI=1S/C6H6ClNO3S.C6H7NO3S/c7-5-2-1-4(8)3-6(5)12(9,10)11;7-5-2-1-3-6(4-5)11(8,9)10/h1-3H,8H2,(H,9,10,11);1-4H,7H2,(H,8,9,10). The first kappa shape index (κ1) is 19.2. The summed E-state index contributed by atoms with van der Waals surface area (Å²) >= 11 is 5.49. The number of hydrogen-bond donors (Lipinski definition) is 4. The van der Waals surface area contributed by atoms with Crippen LogP contribution in [0.25, 0.3) is 0 Å². The molecule has 6 N–H and O–H groups in total. The van der Waals surface area contributed by atoms with Gasteiger partial charge in [0, 0.05) is 11.4 Å². The van der Waals surface area contributed by atoms with Crippen molar-refractivity contribution >= 4 is 43.2 Å². The smallest absolute Gasteiger partial charge is 0.296 e. The molecule has 23 heavy (non-hydrogen) atoms. The molecule has 0 unspecified atom stereocenters. The molecular weight excluding hydrogens is 368 g/mol. The molecule has 0 bridgehead atoms. The zero-order chi connectivity index (χ0) is 17.8. The number of anilines is 2. The molecule has 0 heterocycles. The van der Waals surface area contributed by atoms with Crippen molar-refractivity contribution in [2.45, 2.75) is 9.79 Å². The number of rotatable bonds is 2. The number of benzene rings is 2. The van der Waals surface area contributed by atoms with Gasteiger partial charge in [0.25, 0.3) is 20.2 Å². The van der Waals surface area contributed by atoms with E-state index in [0.717, 1.165) is 6.07 Å². The van der Waals surface area contributed by atoms with Gasteiger partial charge in [-0.2, -0.15) is 16.8 Å². The third-order valence-corrected chi connectivity index (χ3v) is 4.57. The second kappa shape index (κ2) is 7.15. The lowest BCUT2D eigenvalue weighted by Crippen LogP contribution is -2.00. The molecule has 2 aromatic carbocycles. The fourth-order valence-corrected chi connectivity index (χ4v) is 2.94. The van der Waals surface area contributed by atoms with E-state index in [2.05, 4.69) is 0 Å². The first-order valence-corrected chi connectivity index (χ1v) is 9.02. The Balaban J connectivity index is 0.000000231. The van der Waals surface area contributed by atoms with E-state index >= 15 is 0 Å². The topological polar surface area (TPSA) is 161 Å². The Morgan fingerprint density at radius 1 is 0.826 bits per heavy atom. The Morgan fingerprint density at radius 2 is 1.39 bits per heavy atom. The van der Waals surface area contributed by atoms with E-state index in [1.165, 1.54) is 36.4 Å². The van der Waals surface area contributed by atoms with Crippen LogP contribution in [0.15, 0.2) is 52.3 Å². The van der Waals surface area contributed by atoms with Gasteiger partial charge in [-0.05, 0) is 36.4 Å². The highest BCUT2D eigenvalue weighted by atomic mass is 35.5. The Hall–Kier alpha value is -1.85. The molecule has 126 valence electrons. The molecule has 0 aromatic heterocycles. The lowest BCUT2D eigenvalue weighted by atomic mass is 10.3. The van der Waals surface area contributed by atoms with Gasteiger partial charge in [0.15, 0.2) is 0 Å². The number of halogens is 1. The molecule has 0 radical (unpaired) electrons. The molecule has 0 saturated carbocycles. The van der Waals surface area contributed by atoms with Crippen LogP contribution < -0.4 is 11.5 Å². The van der Waals surface area contributed by atoms with Gasteiger partial charge in [0.1, 0.15) is 4.90 Å². The summed E-state index contributed by atoms with van der Waals surface area (Å²) in [5, 5.41) is -0.0494. The average molecular weight is 381 g/mol. The normalized spacial score (nSPS) is 11.4. The molecule has 0 fully saturated rings. The van der Waals surface area contributed by atoms with Gasteiger partial charge < -0.3 is 11.5 Å². The SMILES string of the molecule is Nc1ccc(Cl)c(S(=O)(=O)O)c1.Nc1cccc(S(=O)(=O)O)c1. The second-order valence-corrected chi connectivity index (χ2v) is 7.43. The highest BCUT2D eigenvalue weighted by molar-refractivity contribution is 7.86. The third kappa shape index (κ3) is 6.04. The summed E-state index contributed by atoms with van der Waals surface area (Å²) in [5.74, 6) is 0. The maximum atomic E-state index is 10.6. The molecular formula is C12H13ClN2O6S2. The van der Waals surface area contributed by atoms with Crippen molar-refractivity contribution in [3.63, 3.8) is 0 Å². The largest absolute Gasteiger partial charge is 0.399 e. The lowest BCUT2D eigenvalue weighted by Gasteiger charge is -2.00. The molecule has 0 amide bonds. The zero-order valence-corrected chi connectivity index (χ0v) is 13.8. The molecule has 0 aliphatic rings. The summed E-state index contributed by atoms with van der Waals surface area (Å²) in [5.41, 5.74) is 11.1. The number of nitrogen functional groups attached to an aromatic ring is 2. The summed E-state index contributed by atoms with van der Waals surface area (Å²) in [6, 6.07) is 9.29. The Kier molecular flexibility index (Phi) is 5.97. The minimum Gasteiger partial charge on any atom is -0.399 e. The summed E-state index contributed by atoms with van der Waals surface area (Å²) < 4.78 is 59.4. The molecule has 0 saturated heterocycles. The zero-order valence-electron chi connectivity index (χ0n) is 11.4. The van der Waals surface area contributed by atoms with Crippen molar-refractivity contribution in [3.8, 4) is 0 Å². The van der Waals surface area contributed by atoms with Crippen LogP contribution >= 0.6 is 11.6 Å². The first-order valence-electron chi connectivity index (χ1n) is 5.77. The monoisotopic (exact) mass is 380 g/mol. The highest BCUT2D eigenvalue weighted by Crippen LogP contribution is 2.22. The molecule has 0 atom stereocenters. The van der Waals surface area contributed by atoms with E-state index in [-0.39, 0.29) is 20.5 Å². The minimum atomic E-state index is -4.27. The highest BCUT2D eigenvalue weighted by Gasteiger charge is 2.13. The van der Waals surface area contributed by atoms with Crippen LogP contribution in [0.2, 0.25) is 5.02 Å². The molecule has 11 heteroatoms. The molecule has 0 spiro atoms. The van der Waals surface area contributed by atoms with E-state index in [9.17, 15) is 16.8 Å². The van der Waals surface area contributed by atoms with Crippen LogP contribution in [0.5, 0.6) is 0 Å². The average Bonchev–Trinajstić information content (AvgIpc) is 2.40. The molecule has 2 rings (SSSR count). The van der Waals surface area contributed by atoms with Crippen LogP contribution in [0.4, 0.5) is 11.4 Å². The van der Waals surface area contributed by atoms with Crippen molar-refractivity contribution in [1.82, 2.24) is 0 Å². The molecule has 0 aliphatic carbocycles. The minimum absolute atomic E-state index is 0.0494.